The molecule has 2 rings (SSSR count). The summed E-state index contributed by atoms with van der Waals surface area (Å²) in [6.07, 6.45) is 12.5. The van der Waals surface area contributed by atoms with Crippen molar-refractivity contribution in [2.75, 3.05) is 0 Å². The predicted molar refractivity (Wildman–Crippen MR) is 110 cm³/mol. The lowest BCUT2D eigenvalue weighted by Gasteiger charge is -2.01. The zero-order valence-corrected chi connectivity index (χ0v) is 15.2. The van der Waals surface area contributed by atoms with Crippen LogP contribution in [-0.2, 0) is 12.8 Å². The average molecular weight is 332 g/mol. The zero-order chi connectivity index (χ0) is 17.7. The number of unbranched alkanes of at least 4 members (excludes halogenated alkanes) is 2. The van der Waals surface area contributed by atoms with Crippen LogP contribution in [0, 0.1) is 0 Å². The minimum atomic E-state index is 1.07. The Hall–Kier alpha value is -2.48. The highest BCUT2D eigenvalue weighted by atomic mass is 15.2. The smallest absolute Gasteiger partial charge is 0.0568 e. The first-order valence-electron chi connectivity index (χ1n) is 9.17. The summed E-state index contributed by atoms with van der Waals surface area (Å²) in [4.78, 5) is 0. The van der Waals surface area contributed by atoms with Gasteiger partial charge in [-0.25, -0.2) is 0 Å². The molecular formula is C23H28N2. The zero-order valence-electron chi connectivity index (χ0n) is 15.2. The molecule has 0 aliphatic rings. The lowest BCUT2D eigenvalue weighted by molar-refractivity contribution is 0.748. The summed E-state index contributed by atoms with van der Waals surface area (Å²) in [5.74, 6) is 0. The molecule has 0 saturated heterocycles. The number of hydrogen-bond donors (Lipinski definition) is 0. The van der Waals surface area contributed by atoms with Crippen molar-refractivity contribution >= 4 is 12.4 Å². The molecule has 0 heterocycles. The highest BCUT2D eigenvalue weighted by molar-refractivity contribution is 5.82. The SMILES string of the molecule is C=CCCCCc1ccc(/C=N/N=C/c2ccc(CCC)cc2)cc1. The van der Waals surface area contributed by atoms with Gasteiger partial charge in [0, 0.05) is 0 Å². The van der Waals surface area contributed by atoms with Gasteiger partial charge in [0.25, 0.3) is 0 Å². The van der Waals surface area contributed by atoms with Gasteiger partial charge in [0.15, 0.2) is 0 Å². The summed E-state index contributed by atoms with van der Waals surface area (Å²) in [6, 6.07) is 17.0. The molecule has 130 valence electrons. The van der Waals surface area contributed by atoms with Gasteiger partial charge in [0.2, 0.25) is 0 Å². The van der Waals surface area contributed by atoms with Crippen molar-refractivity contribution < 1.29 is 0 Å². The van der Waals surface area contributed by atoms with Crippen molar-refractivity contribution in [3.8, 4) is 0 Å². The van der Waals surface area contributed by atoms with E-state index in [1.165, 1.54) is 30.4 Å². The molecule has 0 aliphatic carbocycles. The first-order valence-corrected chi connectivity index (χ1v) is 9.17. The Morgan fingerprint density at radius 1 is 0.760 bits per heavy atom. The first kappa shape index (κ1) is 18.9. The number of nitrogens with zero attached hydrogens (tertiary/aromatic N) is 2. The van der Waals surface area contributed by atoms with Crippen molar-refractivity contribution in [2.24, 2.45) is 10.2 Å². The third kappa shape index (κ3) is 7.30. The van der Waals surface area contributed by atoms with Gasteiger partial charge in [0.05, 0.1) is 12.4 Å². The van der Waals surface area contributed by atoms with E-state index in [1.807, 2.05) is 6.08 Å². The summed E-state index contributed by atoms with van der Waals surface area (Å²) >= 11 is 0. The molecule has 0 unspecified atom stereocenters. The number of hydrogen-bond acceptors (Lipinski definition) is 2. The second kappa shape index (κ2) is 11.1. The molecule has 2 aromatic rings. The Bertz CT molecular complexity index is 679. The Morgan fingerprint density at radius 3 is 1.76 bits per heavy atom. The van der Waals surface area contributed by atoms with Gasteiger partial charge in [-0.3, -0.25) is 0 Å². The quantitative estimate of drug-likeness (QED) is 0.221. The number of aryl methyl sites for hydroxylation is 2. The summed E-state index contributed by atoms with van der Waals surface area (Å²) in [5, 5.41) is 8.29. The van der Waals surface area contributed by atoms with Crippen LogP contribution in [0.25, 0.3) is 0 Å². The predicted octanol–water partition coefficient (Wildman–Crippen LogP) is 5.99. The standard InChI is InChI=1S/C23H28N2/c1-3-5-6-7-9-21-12-16-23(17-13-21)19-25-24-18-22-14-10-20(8-4-2)11-15-22/h3,10-19H,1,4-9H2,2H3/b24-18+,25-19+. The van der Waals surface area contributed by atoms with E-state index < -0.39 is 0 Å². The first-order chi connectivity index (χ1) is 12.3. The van der Waals surface area contributed by atoms with Crippen LogP contribution in [0.3, 0.4) is 0 Å². The topological polar surface area (TPSA) is 24.7 Å². The monoisotopic (exact) mass is 332 g/mol. The maximum Gasteiger partial charge on any atom is 0.0568 e. The van der Waals surface area contributed by atoms with E-state index in [0.29, 0.717) is 0 Å². The van der Waals surface area contributed by atoms with Crippen molar-refractivity contribution in [3.05, 3.63) is 83.4 Å². The van der Waals surface area contributed by atoms with Crippen LogP contribution in [0.1, 0.15) is 54.9 Å². The summed E-state index contributed by atoms with van der Waals surface area (Å²) < 4.78 is 0. The molecule has 2 heteroatoms. The number of rotatable bonds is 10. The molecule has 25 heavy (non-hydrogen) atoms. The van der Waals surface area contributed by atoms with E-state index in [1.54, 1.807) is 12.4 Å². The Morgan fingerprint density at radius 2 is 1.28 bits per heavy atom. The van der Waals surface area contributed by atoms with Crippen molar-refractivity contribution in [1.82, 2.24) is 0 Å². The molecule has 0 spiro atoms. The largest absolute Gasteiger partial charge is 0.159 e. The van der Waals surface area contributed by atoms with E-state index in [0.717, 1.165) is 30.4 Å². The van der Waals surface area contributed by atoms with Crippen LogP contribution >= 0.6 is 0 Å². The summed E-state index contributed by atoms with van der Waals surface area (Å²) in [6.45, 7) is 5.95. The maximum absolute atomic E-state index is 4.15. The number of benzene rings is 2. The summed E-state index contributed by atoms with van der Waals surface area (Å²) in [5.41, 5.74) is 4.89. The Balaban J connectivity index is 1.81. The van der Waals surface area contributed by atoms with E-state index >= 15 is 0 Å². The van der Waals surface area contributed by atoms with E-state index in [4.69, 9.17) is 0 Å². The van der Waals surface area contributed by atoms with Crippen LogP contribution in [0.2, 0.25) is 0 Å². The van der Waals surface area contributed by atoms with Crippen LogP contribution in [0.4, 0.5) is 0 Å². The van der Waals surface area contributed by atoms with Gasteiger partial charge < -0.3 is 0 Å². The third-order valence-electron chi connectivity index (χ3n) is 4.10. The minimum Gasteiger partial charge on any atom is -0.159 e. The van der Waals surface area contributed by atoms with Gasteiger partial charge in [-0.05, 0) is 54.4 Å². The normalized spacial score (nSPS) is 11.4. The summed E-state index contributed by atoms with van der Waals surface area (Å²) in [7, 11) is 0. The van der Waals surface area contributed by atoms with Crippen LogP contribution in [-0.4, -0.2) is 12.4 Å². The Kier molecular flexibility index (Phi) is 8.40. The highest BCUT2D eigenvalue weighted by Gasteiger charge is 1.94. The maximum atomic E-state index is 4.15. The van der Waals surface area contributed by atoms with E-state index in [-0.39, 0.29) is 0 Å². The van der Waals surface area contributed by atoms with Gasteiger partial charge in [-0.15, -0.1) is 6.58 Å². The Labute approximate surface area is 152 Å². The molecule has 0 bridgehead atoms. The molecule has 0 radical (unpaired) electrons. The fourth-order valence-electron chi connectivity index (χ4n) is 2.65. The molecular weight excluding hydrogens is 304 g/mol. The van der Waals surface area contributed by atoms with Crippen molar-refractivity contribution in [2.45, 2.75) is 45.4 Å². The average Bonchev–Trinajstić information content (AvgIpc) is 2.65. The van der Waals surface area contributed by atoms with Crippen LogP contribution in [0.5, 0.6) is 0 Å². The lowest BCUT2D eigenvalue weighted by Crippen LogP contribution is -1.87. The van der Waals surface area contributed by atoms with Gasteiger partial charge in [-0.1, -0.05) is 68.0 Å². The number of allylic oxidation sites excluding steroid dienone is 1. The third-order valence-corrected chi connectivity index (χ3v) is 4.10. The van der Waals surface area contributed by atoms with Gasteiger partial charge in [-0.2, -0.15) is 10.2 Å². The molecule has 0 fully saturated rings. The highest BCUT2D eigenvalue weighted by Crippen LogP contribution is 2.08. The molecule has 2 nitrogen and oxygen atoms in total. The molecule has 0 aliphatic heterocycles. The molecule has 0 N–H and O–H groups in total. The fraction of sp³-hybridized carbons (Fsp3) is 0.304. The molecule has 0 atom stereocenters. The van der Waals surface area contributed by atoms with E-state index in [2.05, 4.69) is 72.2 Å². The van der Waals surface area contributed by atoms with Crippen molar-refractivity contribution in [3.63, 3.8) is 0 Å². The van der Waals surface area contributed by atoms with Crippen LogP contribution < -0.4 is 0 Å². The van der Waals surface area contributed by atoms with Crippen molar-refractivity contribution in [1.29, 1.82) is 0 Å². The second-order valence-electron chi connectivity index (χ2n) is 6.26. The molecule has 0 saturated carbocycles. The van der Waals surface area contributed by atoms with E-state index in [9.17, 15) is 0 Å². The molecule has 0 amide bonds. The molecule has 0 aromatic heterocycles. The van der Waals surface area contributed by atoms with Gasteiger partial charge in [0.1, 0.15) is 0 Å². The molecule has 2 aromatic carbocycles. The second-order valence-corrected chi connectivity index (χ2v) is 6.26. The van der Waals surface area contributed by atoms with Gasteiger partial charge >= 0.3 is 0 Å². The van der Waals surface area contributed by atoms with Crippen LogP contribution in [0.15, 0.2) is 71.4 Å². The fourth-order valence-corrected chi connectivity index (χ4v) is 2.65. The minimum absolute atomic E-state index is 1.07. The lowest BCUT2D eigenvalue weighted by atomic mass is 10.1.